The van der Waals surface area contributed by atoms with Crippen molar-refractivity contribution in [2.24, 2.45) is 5.84 Å². The Morgan fingerprint density at radius 2 is 2.40 bits per heavy atom. The summed E-state index contributed by atoms with van der Waals surface area (Å²) in [7, 11) is 0. The molecule has 5 nitrogen and oxygen atoms in total. The fourth-order valence-corrected chi connectivity index (χ4v) is 0.545. The maximum Gasteiger partial charge on any atom is 0.277 e. The molecule has 0 atom stereocenters. The van der Waals surface area contributed by atoms with Crippen LogP contribution in [0.3, 0.4) is 0 Å². The van der Waals surface area contributed by atoms with Crippen LogP contribution < -0.4 is 10.9 Å². The summed E-state index contributed by atoms with van der Waals surface area (Å²) >= 11 is 0. The zero-order valence-corrected chi connectivity index (χ0v) is 5.50. The molecule has 56 valence electrons. The van der Waals surface area contributed by atoms with E-state index >= 15 is 0 Å². The highest BCUT2D eigenvalue weighted by Gasteiger charge is 2.09. The third-order valence-corrected chi connectivity index (χ3v) is 1.10. The molecular formula is C4H8FN5. The maximum atomic E-state index is 12.5. The molecule has 0 unspecified atom stereocenters. The quantitative estimate of drug-likeness (QED) is 0.440. The predicted octanol–water partition coefficient (Wildman–Crippen LogP) is -0.356. The summed E-state index contributed by atoms with van der Waals surface area (Å²) in [6.45, 7) is 2.28. The molecule has 1 aromatic heterocycles. The molecule has 0 aliphatic carbocycles. The molecule has 0 fully saturated rings. The second kappa shape index (κ2) is 2.61. The van der Waals surface area contributed by atoms with Crippen molar-refractivity contribution in [3.8, 4) is 0 Å². The highest BCUT2D eigenvalue weighted by atomic mass is 19.1. The number of aromatic amines is 1. The molecule has 0 aromatic carbocycles. The minimum atomic E-state index is -0.677. The zero-order chi connectivity index (χ0) is 7.56. The minimum Gasteiger partial charge on any atom is -0.290 e. The van der Waals surface area contributed by atoms with Gasteiger partial charge in [-0.2, -0.15) is 9.60 Å². The lowest BCUT2D eigenvalue weighted by Gasteiger charge is -2.10. The van der Waals surface area contributed by atoms with Crippen LogP contribution in [-0.4, -0.2) is 22.0 Å². The molecule has 0 bridgehead atoms. The van der Waals surface area contributed by atoms with Crippen molar-refractivity contribution in [2.45, 2.75) is 6.92 Å². The van der Waals surface area contributed by atoms with Crippen LogP contribution in [0, 0.1) is 5.95 Å². The fourth-order valence-electron chi connectivity index (χ4n) is 0.545. The number of nitrogens with two attached hydrogens (primary N) is 1. The summed E-state index contributed by atoms with van der Waals surface area (Å²) < 4.78 is 12.5. The first-order valence-electron chi connectivity index (χ1n) is 2.84. The zero-order valence-electron chi connectivity index (χ0n) is 5.50. The number of hydrazine groups is 1. The van der Waals surface area contributed by atoms with Gasteiger partial charge in [0.1, 0.15) is 0 Å². The highest BCUT2D eigenvalue weighted by Crippen LogP contribution is 2.07. The molecule has 0 spiro atoms. The van der Waals surface area contributed by atoms with Crippen LogP contribution in [0.5, 0.6) is 0 Å². The summed E-state index contributed by atoms with van der Waals surface area (Å²) in [6, 6.07) is 0. The molecule has 0 saturated heterocycles. The Morgan fingerprint density at radius 1 is 1.70 bits per heavy atom. The van der Waals surface area contributed by atoms with Crippen molar-refractivity contribution >= 4 is 5.82 Å². The summed E-state index contributed by atoms with van der Waals surface area (Å²) in [4.78, 5) is 0. The summed E-state index contributed by atoms with van der Waals surface area (Å²) in [5.41, 5.74) is 0. The second-order valence-corrected chi connectivity index (χ2v) is 1.72. The number of halogens is 1. The van der Waals surface area contributed by atoms with Gasteiger partial charge in [0.05, 0.1) is 0 Å². The molecule has 0 aliphatic heterocycles. The maximum absolute atomic E-state index is 12.5. The van der Waals surface area contributed by atoms with Crippen molar-refractivity contribution < 1.29 is 4.39 Å². The Hall–Kier alpha value is -1.17. The fraction of sp³-hybridized carbons (Fsp3) is 0.500. The molecule has 6 heteroatoms. The molecule has 0 radical (unpaired) electrons. The lowest BCUT2D eigenvalue weighted by atomic mass is 10.6. The van der Waals surface area contributed by atoms with E-state index in [2.05, 4.69) is 15.4 Å². The number of hydrogen-bond acceptors (Lipinski definition) is 4. The minimum absolute atomic E-state index is 0.0440. The van der Waals surface area contributed by atoms with Gasteiger partial charge in [0, 0.05) is 6.54 Å². The average molecular weight is 145 g/mol. The van der Waals surface area contributed by atoms with Crippen molar-refractivity contribution in [1.82, 2.24) is 15.4 Å². The standard InChI is InChI=1S/C4H8FN5/c1-2-10(6)4-3(5)7-9-8-4/h2,6H2,1H3,(H,7,8,9). The SMILES string of the molecule is CCN(N)c1n[nH]nc1F. The summed E-state index contributed by atoms with van der Waals surface area (Å²) in [6.07, 6.45) is 0. The van der Waals surface area contributed by atoms with E-state index in [-0.39, 0.29) is 5.82 Å². The van der Waals surface area contributed by atoms with E-state index in [0.717, 1.165) is 0 Å². The van der Waals surface area contributed by atoms with Gasteiger partial charge in [-0.3, -0.25) is 5.01 Å². The van der Waals surface area contributed by atoms with E-state index in [1.807, 2.05) is 0 Å². The molecule has 1 heterocycles. The number of rotatable bonds is 2. The molecule has 10 heavy (non-hydrogen) atoms. The lowest BCUT2D eigenvalue weighted by molar-refractivity contribution is 0.575. The second-order valence-electron chi connectivity index (χ2n) is 1.72. The molecule has 0 aliphatic rings. The lowest BCUT2D eigenvalue weighted by Crippen LogP contribution is -2.31. The number of nitrogens with one attached hydrogen (secondary N) is 1. The number of anilines is 1. The van der Waals surface area contributed by atoms with Crippen LogP contribution in [0.15, 0.2) is 0 Å². The van der Waals surface area contributed by atoms with Crippen LogP contribution in [0.1, 0.15) is 6.92 Å². The summed E-state index contributed by atoms with van der Waals surface area (Å²) in [5, 5.41) is 9.92. The van der Waals surface area contributed by atoms with Crippen molar-refractivity contribution in [1.29, 1.82) is 0 Å². The van der Waals surface area contributed by atoms with Gasteiger partial charge >= 0.3 is 0 Å². The number of nitrogens with zero attached hydrogens (tertiary/aromatic N) is 3. The van der Waals surface area contributed by atoms with Crippen LogP contribution in [0.25, 0.3) is 0 Å². The van der Waals surface area contributed by atoms with E-state index in [9.17, 15) is 4.39 Å². The molecule has 1 aromatic rings. The number of aromatic nitrogens is 3. The Kier molecular flexibility index (Phi) is 1.81. The average Bonchev–Trinajstić information content (AvgIpc) is 2.34. The van der Waals surface area contributed by atoms with Crippen LogP contribution >= 0.6 is 0 Å². The van der Waals surface area contributed by atoms with Gasteiger partial charge in [0.25, 0.3) is 5.95 Å². The van der Waals surface area contributed by atoms with Crippen molar-refractivity contribution in [3.05, 3.63) is 5.95 Å². The normalized spacial score (nSPS) is 9.90. The molecular weight excluding hydrogens is 137 g/mol. The van der Waals surface area contributed by atoms with Gasteiger partial charge in [-0.1, -0.05) is 0 Å². The predicted molar refractivity (Wildman–Crippen MR) is 33.5 cm³/mol. The molecule has 3 N–H and O–H groups in total. The molecule has 0 amide bonds. The van der Waals surface area contributed by atoms with E-state index in [1.54, 1.807) is 6.92 Å². The Morgan fingerprint density at radius 3 is 2.80 bits per heavy atom. The van der Waals surface area contributed by atoms with E-state index < -0.39 is 5.95 Å². The van der Waals surface area contributed by atoms with E-state index in [1.165, 1.54) is 5.01 Å². The van der Waals surface area contributed by atoms with Crippen molar-refractivity contribution in [2.75, 3.05) is 11.6 Å². The van der Waals surface area contributed by atoms with Gasteiger partial charge in [-0.15, -0.1) is 10.2 Å². The first kappa shape index (κ1) is 6.94. The van der Waals surface area contributed by atoms with Gasteiger partial charge in [0.15, 0.2) is 0 Å². The van der Waals surface area contributed by atoms with E-state index in [4.69, 9.17) is 5.84 Å². The first-order valence-corrected chi connectivity index (χ1v) is 2.84. The van der Waals surface area contributed by atoms with Crippen LogP contribution in [0.2, 0.25) is 0 Å². The van der Waals surface area contributed by atoms with Crippen LogP contribution in [-0.2, 0) is 0 Å². The molecule has 1 rings (SSSR count). The number of H-pyrrole nitrogens is 1. The Balaban J connectivity index is 2.82. The topological polar surface area (TPSA) is 70.8 Å². The number of hydrogen-bond donors (Lipinski definition) is 2. The van der Waals surface area contributed by atoms with Gasteiger partial charge in [-0.05, 0) is 6.92 Å². The van der Waals surface area contributed by atoms with E-state index in [0.29, 0.717) is 6.54 Å². The molecule has 0 saturated carbocycles. The third kappa shape index (κ3) is 1.06. The van der Waals surface area contributed by atoms with Crippen molar-refractivity contribution in [3.63, 3.8) is 0 Å². The third-order valence-electron chi connectivity index (χ3n) is 1.10. The first-order chi connectivity index (χ1) is 4.75. The largest absolute Gasteiger partial charge is 0.290 e. The smallest absolute Gasteiger partial charge is 0.277 e. The van der Waals surface area contributed by atoms with Gasteiger partial charge in [0.2, 0.25) is 5.82 Å². The Bertz CT molecular complexity index is 209. The van der Waals surface area contributed by atoms with Gasteiger partial charge < -0.3 is 0 Å². The highest BCUT2D eigenvalue weighted by molar-refractivity contribution is 5.32. The monoisotopic (exact) mass is 145 g/mol. The Labute approximate surface area is 57.0 Å². The van der Waals surface area contributed by atoms with Gasteiger partial charge in [-0.25, -0.2) is 5.84 Å². The summed E-state index contributed by atoms with van der Waals surface area (Å²) in [5.74, 6) is 4.68. The van der Waals surface area contributed by atoms with Crippen LogP contribution in [0.4, 0.5) is 10.2 Å².